The first-order valence-electron chi connectivity index (χ1n) is 4.62. The summed E-state index contributed by atoms with van der Waals surface area (Å²) in [7, 11) is 4.44. The summed E-state index contributed by atoms with van der Waals surface area (Å²) in [4.78, 5) is 4.87. The van der Waals surface area contributed by atoms with E-state index in [0.29, 0.717) is 0 Å². The van der Waals surface area contributed by atoms with Crippen molar-refractivity contribution in [3.8, 4) is 0 Å². The highest BCUT2D eigenvalue weighted by atomic mass is 15.2. The highest BCUT2D eigenvalue weighted by Gasteiger charge is 2.21. The number of rotatable bonds is 3. The molecule has 66 valence electrons. The second-order valence-electron chi connectivity index (χ2n) is 3.63. The minimum Gasteiger partial charge on any atom is -0.305 e. The van der Waals surface area contributed by atoms with Gasteiger partial charge in [-0.1, -0.05) is 6.92 Å². The predicted octanol–water partition coefficient (Wildman–Crippen LogP) is 1.03. The van der Waals surface area contributed by atoms with E-state index in [2.05, 4.69) is 30.8 Å². The Morgan fingerprint density at radius 3 is 2.73 bits per heavy atom. The van der Waals surface area contributed by atoms with Gasteiger partial charge in [0.05, 0.1) is 0 Å². The van der Waals surface area contributed by atoms with E-state index in [1.54, 1.807) is 0 Å². The molecule has 2 heteroatoms. The topological polar surface area (TPSA) is 6.48 Å². The van der Waals surface area contributed by atoms with Gasteiger partial charge in [-0.2, -0.15) is 0 Å². The van der Waals surface area contributed by atoms with E-state index in [-0.39, 0.29) is 0 Å². The lowest BCUT2D eigenvalue weighted by Gasteiger charge is -2.24. The van der Waals surface area contributed by atoms with Gasteiger partial charge in [-0.3, -0.25) is 0 Å². The molecule has 0 aliphatic carbocycles. The van der Waals surface area contributed by atoms with E-state index < -0.39 is 0 Å². The van der Waals surface area contributed by atoms with Crippen LogP contribution in [-0.2, 0) is 0 Å². The molecule has 0 spiro atoms. The van der Waals surface area contributed by atoms with Gasteiger partial charge < -0.3 is 9.80 Å². The molecule has 1 heterocycles. The number of likely N-dealkylation sites (tertiary alicyclic amines) is 1. The van der Waals surface area contributed by atoms with Crippen LogP contribution in [0.5, 0.6) is 0 Å². The van der Waals surface area contributed by atoms with Crippen molar-refractivity contribution in [3.63, 3.8) is 0 Å². The first-order chi connectivity index (χ1) is 5.24. The smallest absolute Gasteiger partial charge is 0.0220 e. The third-order valence-electron chi connectivity index (χ3n) is 2.73. The van der Waals surface area contributed by atoms with Crippen LogP contribution in [-0.4, -0.2) is 49.6 Å². The molecule has 0 saturated carbocycles. The summed E-state index contributed by atoms with van der Waals surface area (Å²) in [5.74, 6) is 0. The largest absolute Gasteiger partial charge is 0.305 e. The zero-order valence-corrected chi connectivity index (χ0v) is 8.01. The highest BCUT2D eigenvalue weighted by Crippen LogP contribution is 2.14. The van der Waals surface area contributed by atoms with Crippen molar-refractivity contribution in [1.82, 2.24) is 9.80 Å². The molecule has 11 heavy (non-hydrogen) atoms. The molecule has 0 bridgehead atoms. The Hall–Kier alpha value is -0.0800. The van der Waals surface area contributed by atoms with E-state index in [4.69, 9.17) is 0 Å². The van der Waals surface area contributed by atoms with Crippen LogP contribution < -0.4 is 0 Å². The number of likely N-dealkylation sites (N-methyl/N-ethyl adjacent to an activating group) is 2. The lowest BCUT2D eigenvalue weighted by Crippen LogP contribution is -2.36. The van der Waals surface area contributed by atoms with Gasteiger partial charge in [0.2, 0.25) is 0 Å². The van der Waals surface area contributed by atoms with E-state index >= 15 is 0 Å². The molecule has 1 atom stereocenters. The average Bonchev–Trinajstić information content (AvgIpc) is 2.37. The molecule has 1 aliphatic heterocycles. The van der Waals surface area contributed by atoms with Crippen LogP contribution in [0.1, 0.15) is 19.8 Å². The van der Waals surface area contributed by atoms with Gasteiger partial charge in [-0.15, -0.1) is 0 Å². The first kappa shape index (κ1) is 9.01. The molecule has 2 nitrogen and oxygen atoms in total. The van der Waals surface area contributed by atoms with Crippen molar-refractivity contribution in [1.29, 1.82) is 0 Å². The third-order valence-corrected chi connectivity index (χ3v) is 2.73. The summed E-state index contributed by atoms with van der Waals surface area (Å²) in [5.41, 5.74) is 0. The van der Waals surface area contributed by atoms with E-state index in [1.807, 2.05) is 0 Å². The van der Waals surface area contributed by atoms with Gasteiger partial charge in [0.15, 0.2) is 0 Å². The van der Waals surface area contributed by atoms with Crippen LogP contribution in [0.2, 0.25) is 0 Å². The van der Waals surface area contributed by atoms with Gasteiger partial charge in [-0.05, 0) is 40.0 Å². The van der Waals surface area contributed by atoms with E-state index in [1.165, 1.54) is 32.5 Å². The van der Waals surface area contributed by atoms with E-state index in [0.717, 1.165) is 6.04 Å². The number of hydrogen-bond donors (Lipinski definition) is 0. The summed E-state index contributed by atoms with van der Waals surface area (Å²) in [5, 5.41) is 0. The Morgan fingerprint density at radius 1 is 1.55 bits per heavy atom. The Bertz CT molecular complexity index is 114. The maximum atomic E-state index is 2.48. The molecular formula is C9H20N2. The summed E-state index contributed by atoms with van der Waals surface area (Å²) < 4.78 is 0. The zero-order valence-electron chi connectivity index (χ0n) is 8.01. The van der Waals surface area contributed by atoms with E-state index in [9.17, 15) is 0 Å². The van der Waals surface area contributed by atoms with Crippen LogP contribution in [0, 0.1) is 0 Å². The SMILES string of the molecule is CCN(C)CC1CCCN1C. The van der Waals surface area contributed by atoms with Crippen LogP contribution in [0.4, 0.5) is 0 Å². The van der Waals surface area contributed by atoms with Crippen molar-refractivity contribution in [2.45, 2.75) is 25.8 Å². The molecule has 1 saturated heterocycles. The predicted molar refractivity (Wildman–Crippen MR) is 48.8 cm³/mol. The Morgan fingerprint density at radius 2 is 2.27 bits per heavy atom. The lowest BCUT2D eigenvalue weighted by molar-refractivity contribution is 0.226. The summed E-state index contributed by atoms with van der Waals surface area (Å²) >= 11 is 0. The van der Waals surface area contributed by atoms with Gasteiger partial charge in [0, 0.05) is 12.6 Å². The molecular weight excluding hydrogens is 136 g/mol. The van der Waals surface area contributed by atoms with Crippen molar-refractivity contribution < 1.29 is 0 Å². The third kappa shape index (κ3) is 2.46. The van der Waals surface area contributed by atoms with Gasteiger partial charge in [-0.25, -0.2) is 0 Å². The number of nitrogens with zero attached hydrogens (tertiary/aromatic N) is 2. The average molecular weight is 156 g/mol. The molecule has 0 amide bonds. The zero-order chi connectivity index (χ0) is 8.27. The standard InChI is InChI=1S/C9H20N2/c1-4-10(2)8-9-6-5-7-11(9)3/h9H,4-8H2,1-3H3. The van der Waals surface area contributed by atoms with Crippen molar-refractivity contribution in [2.75, 3.05) is 33.7 Å². The molecule has 1 fully saturated rings. The summed E-state index contributed by atoms with van der Waals surface area (Å²) in [6.45, 7) is 5.93. The molecule has 0 aromatic carbocycles. The Balaban J connectivity index is 2.24. The van der Waals surface area contributed by atoms with Gasteiger partial charge in [0.1, 0.15) is 0 Å². The fraction of sp³-hybridized carbons (Fsp3) is 1.00. The minimum atomic E-state index is 0.819. The normalized spacial score (nSPS) is 26.7. The van der Waals surface area contributed by atoms with Crippen LogP contribution >= 0.6 is 0 Å². The molecule has 0 aromatic heterocycles. The molecule has 1 unspecified atom stereocenters. The lowest BCUT2D eigenvalue weighted by atomic mass is 10.2. The maximum absolute atomic E-state index is 2.48. The Labute approximate surface area is 70.2 Å². The fourth-order valence-electron chi connectivity index (χ4n) is 1.70. The van der Waals surface area contributed by atoms with Crippen LogP contribution in [0.25, 0.3) is 0 Å². The second-order valence-corrected chi connectivity index (χ2v) is 3.63. The summed E-state index contributed by atoms with van der Waals surface area (Å²) in [6, 6.07) is 0.819. The van der Waals surface area contributed by atoms with Crippen molar-refractivity contribution in [3.05, 3.63) is 0 Å². The van der Waals surface area contributed by atoms with Crippen molar-refractivity contribution in [2.24, 2.45) is 0 Å². The minimum absolute atomic E-state index is 0.819. The quantitative estimate of drug-likeness (QED) is 0.602. The molecule has 0 aromatic rings. The Kier molecular flexibility index (Phi) is 3.34. The van der Waals surface area contributed by atoms with Crippen molar-refractivity contribution >= 4 is 0 Å². The summed E-state index contributed by atoms with van der Waals surface area (Å²) in [6.07, 6.45) is 2.78. The first-order valence-corrected chi connectivity index (χ1v) is 4.62. The molecule has 0 radical (unpaired) electrons. The maximum Gasteiger partial charge on any atom is 0.0220 e. The molecule has 0 N–H and O–H groups in total. The number of hydrogen-bond acceptors (Lipinski definition) is 2. The molecule has 1 rings (SSSR count). The van der Waals surface area contributed by atoms with Crippen LogP contribution in [0.3, 0.4) is 0 Å². The second kappa shape index (κ2) is 4.07. The van der Waals surface area contributed by atoms with Gasteiger partial charge >= 0.3 is 0 Å². The fourth-order valence-corrected chi connectivity index (χ4v) is 1.70. The monoisotopic (exact) mass is 156 g/mol. The molecule has 1 aliphatic rings. The van der Waals surface area contributed by atoms with Crippen LogP contribution in [0.15, 0.2) is 0 Å². The van der Waals surface area contributed by atoms with Gasteiger partial charge in [0.25, 0.3) is 0 Å². The highest BCUT2D eigenvalue weighted by molar-refractivity contribution is 4.78.